The van der Waals surface area contributed by atoms with Gasteiger partial charge in [-0.3, -0.25) is 4.79 Å². The molecule has 0 aliphatic rings. The van der Waals surface area contributed by atoms with Gasteiger partial charge in [-0.25, -0.2) is 0 Å². The van der Waals surface area contributed by atoms with Crippen LogP contribution in [-0.2, 0) is 6.42 Å². The maximum atomic E-state index is 12.3. The third-order valence-electron chi connectivity index (χ3n) is 3.06. The molecule has 0 heterocycles. The van der Waals surface area contributed by atoms with E-state index in [-0.39, 0.29) is 5.78 Å². The molecule has 2 aromatic carbocycles. The van der Waals surface area contributed by atoms with Crippen LogP contribution in [0.15, 0.2) is 57.9 Å². The predicted octanol–water partition coefficient (Wildman–Crippen LogP) is 5.62. The van der Waals surface area contributed by atoms with Crippen LogP contribution in [-0.4, -0.2) is 11.5 Å². The largest absolute Gasteiger partial charge is 0.293 e. The lowest BCUT2D eigenvalue weighted by molar-refractivity contribution is 0.102. The van der Waals surface area contributed by atoms with Crippen molar-refractivity contribution in [2.24, 2.45) is 5.92 Å². The maximum absolute atomic E-state index is 12.3. The number of hydrogen-bond donors (Lipinski definition) is 0. The SMILES string of the molecule is CC(C)Cc1cccc(C(=O)CSc2cccc(Br)c2)c1. The molecule has 0 bridgehead atoms. The molecule has 110 valence electrons. The van der Waals surface area contributed by atoms with Crippen LogP contribution in [0.1, 0.15) is 29.8 Å². The Morgan fingerprint density at radius 1 is 1.14 bits per heavy atom. The summed E-state index contributed by atoms with van der Waals surface area (Å²) in [6.45, 7) is 4.38. The average molecular weight is 363 g/mol. The molecule has 0 aliphatic heterocycles. The first-order chi connectivity index (χ1) is 10.0. The van der Waals surface area contributed by atoms with E-state index < -0.39 is 0 Å². The Hall–Kier alpha value is -1.06. The van der Waals surface area contributed by atoms with E-state index in [1.807, 2.05) is 42.5 Å². The summed E-state index contributed by atoms with van der Waals surface area (Å²) in [6.07, 6.45) is 1.01. The van der Waals surface area contributed by atoms with Gasteiger partial charge in [0.15, 0.2) is 5.78 Å². The number of ketones is 1. The zero-order valence-electron chi connectivity index (χ0n) is 12.3. The van der Waals surface area contributed by atoms with E-state index in [0.717, 1.165) is 21.4 Å². The lowest BCUT2D eigenvalue weighted by Gasteiger charge is -2.07. The highest BCUT2D eigenvalue weighted by atomic mass is 79.9. The monoisotopic (exact) mass is 362 g/mol. The third kappa shape index (κ3) is 5.33. The molecule has 2 aromatic rings. The Morgan fingerprint density at radius 3 is 2.62 bits per heavy atom. The van der Waals surface area contributed by atoms with Crippen LogP contribution >= 0.6 is 27.7 Å². The molecule has 0 spiro atoms. The third-order valence-corrected chi connectivity index (χ3v) is 4.55. The molecular formula is C18H19BrOS. The predicted molar refractivity (Wildman–Crippen MR) is 94.2 cm³/mol. The van der Waals surface area contributed by atoms with Crippen molar-refractivity contribution in [1.29, 1.82) is 0 Å². The lowest BCUT2D eigenvalue weighted by atomic mass is 10.00. The molecular weight excluding hydrogens is 344 g/mol. The molecule has 21 heavy (non-hydrogen) atoms. The van der Waals surface area contributed by atoms with Crippen molar-refractivity contribution in [1.82, 2.24) is 0 Å². The van der Waals surface area contributed by atoms with Gasteiger partial charge in [-0.1, -0.05) is 54.0 Å². The second-order valence-electron chi connectivity index (χ2n) is 5.47. The van der Waals surface area contributed by atoms with Gasteiger partial charge in [-0.15, -0.1) is 11.8 Å². The number of halogens is 1. The van der Waals surface area contributed by atoms with Gasteiger partial charge >= 0.3 is 0 Å². The van der Waals surface area contributed by atoms with Gasteiger partial charge in [0.25, 0.3) is 0 Å². The normalized spacial score (nSPS) is 10.9. The van der Waals surface area contributed by atoms with Crippen LogP contribution in [0.3, 0.4) is 0 Å². The zero-order chi connectivity index (χ0) is 15.2. The van der Waals surface area contributed by atoms with Gasteiger partial charge in [0.2, 0.25) is 0 Å². The van der Waals surface area contributed by atoms with Crippen LogP contribution < -0.4 is 0 Å². The average Bonchev–Trinajstić information content (AvgIpc) is 2.44. The molecule has 0 radical (unpaired) electrons. The second kappa shape index (κ2) is 7.81. The number of Topliss-reactive ketones (excluding diaryl/α,β-unsaturated/α-hetero) is 1. The molecule has 0 amide bonds. The first-order valence-corrected chi connectivity index (χ1v) is 8.83. The second-order valence-corrected chi connectivity index (χ2v) is 7.43. The summed E-state index contributed by atoms with van der Waals surface area (Å²) in [5.74, 6) is 1.26. The van der Waals surface area contributed by atoms with E-state index in [9.17, 15) is 4.79 Å². The van der Waals surface area contributed by atoms with Crippen molar-refractivity contribution in [2.75, 3.05) is 5.75 Å². The van der Waals surface area contributed by atoms with Gasteiger partial charge in [-0.05, 0) is 42.2 Å². The minimum absolute atomic E-state index is 0.186. The van der Waals surface area contributed by atoms with E-state index in [4.69, 9.17) is 0 Å². The fourth-order valence-corrected chi connectivity index (χ4v) is 3.53. The minimum Gasteiger partial charge on any atom is -0.293 e. The van der Waals surface area contributed by atoms with Crippen molar-refractivity contribution < 1.29 is 4.79 Å². The van der Waals surface area contributed by atoms with Gasteiger partial charge in [0.05, 0.1) is 5.75 Å². The quantitative estimate of drug-likeness (QED) is 0.489. The summed E-state index contributed by atoms with van der Waals surface area (Å²) in [4.78, 5) is 13.4. The van der Waals surface area contributed by atoms with Crippen LogP contribution in [0.25, 0.3) is 0 Å². The summed E-state index contributed by atoms with van der Waals surface area (Å²) in [5, 5.41) is 0. The summed E-state index contributed by atoms with van der Waals surface area (Å²) >= 11 is 5.03. The summed E-state index contributed by atoms with van der Waals surface area (Å²) in [7, 11) is 0. The highest BCUT2D eigenvalue weighted by Gasteiger charge is 2.08. The van der Waals surface area contributed by atoms with Crippen LogP contribution in [0.4, 0.5) is 0 Å². The van der Waals surface area contributed by atoms with Gasteiger partial charge in [0.1, 0.15) is 0 Å². The number of rotatable bonds is 6. The molecule has 1 nitrogen and oxygen atoms in total. The highest BCUT2D eigenvalue weighted by Crippen LogP contribution is 2.23. The Balaban J connectivity index is 2.00. The molecule has 0 aliphatic carbocycles. The van der Waals surface area contributed by atoms with Crippen molar-refractivity contribution in [3.63, 3.8) is 0 Å². The summed E-state index contributed by atoms with van der Waals surface area (Å²) in [6, 6.07) is 16.1. The van der Waals surface area contributed by atoms with E-state index in [0.29, 0.717) is 11.7 Å². The molecule has 0 unspecified atom stereocenters. The first kappa shape index (κ1) is 16.3. The van der Waals surface area contributed by atoms with Crippen LogP contribution in [0, 0.1) is 5.92 Å². The molecule has 3 heteroatoms. The van der Waals surface area contributed by atoms with Gasteiger partial charge in [-0.2, -0.15) is 0 Å². The number of carbonyl (C=O) groups excluding carboxylic acids is 1. The molecule has 0 saturated heterocycles. The standard InChI is InChI=1S/C18H19BrOS/c1-13(2)9-14-5-3-6-15(10-14)18(20)12-21-17-8-4-7-16(19)11-17/h3-8,10-11,13H,9,12H2,1-2H3. The van der Waals surface area contributed by atoms with Crippen molar-refractivity contribution in [2.45, 2.75) is 25.2 Å². The van der Waals surface area contributed by atoms with E-state index >= 15 is 0 Å². The maximum Gasteiger partial charge on any atom is 0.173 e. The van der Waals surface area contributed by atoms with Crippen LogP contribution in [0.5, 0.6) is 0 Å². The fraction of sp³-hybridized carbons (Fsp3) is 0.278. The zero-order valence-corrected chi connectivity index (χ0v) is 14.7. The molecule has 0 aromatic heterocycles. The van der Waals surface area contributed by atoms with Crippen molar-refractivity contribution in [3.8, 4) is 0 Å². The number of thioether (sulfide) groups is 1. The van der Waals surface area contributed by atoms with Crippen LogP contribution in [0.2, 0.25) is 0 Å². The number of benzene rings is 2. The van der Waals surface area contributed by atoms with Crippen molar-refractivity contribution in [3.05, 3.63) is 64.1 Å². The van der Waals surface area contributed by atoms with E-state index in [1.54, 1.807) is 11.8 Å². The number of carbonyl (C=O) groups is 1. The Labute approximate surface area is 139 Å². The summed E-state index contributed by atoms with van der Waals surface area (Å²) in [5.41, 5.74) is 2.05. The molecule has 0 saturated carbocycles. The molecule has 0 fully saturated rings. The minimum atomic E-state index is 0.186. The topological polar surface area (TPSA) is 17.1 Å². The Bertz CT molecular complexity index is 622. The van der Waals surface area contributed by atoms with E-state index in [1.165, 1.54) is 5.56 Å². The Kier molecular flexibility index (Phi) is 6.07. The highest BCUT2D eigenvalue weighted by molar-refractivity contribution is 9.10. The fourth-order valence-electron chi connectivity index (χ4n) is 2.13. The van der Waals surface area contributed by atoms with E-state index in [2.05, 4.69) is 35.8 Å². The molecule has 2 rings (SSSR count). The summed E-state index contributed by atoms with van der Waals surface area (Å²) < 4.78 is 1.04. The van der Waals surface area contributed by atoms with Gasteiger partial charge < -0.3 is 0 Å². The van der Waals surface area contributed by atoms with Crippen molar-refractivity contribution >= 4 is 33.5 Å². The molecule has 0 atom stereocenters. The molecule has 0 N–H and O–H groups in total. The Morgan fingerprint density at radius 2 is 1.90 bits per heavy atom. The first-order valence-electron chi connectivity index (χ1n) is 7.05. The smallest absolute Gasteiger partial charge is 0.173 e. The number of hydrogen-bond acceptors (Lipinski definition) is 2. The lowest BCUT2D eigenvalue weighted by Crippen LogP contribution is -2.04. The van der Waals surface area contributed by atoms with Gasteiger partial charge in [0, 0.05) is 14.9 Å².